The van der Waals surface area contributed by atoms with Gasteiger partial charge in [-0.1, -0.05) is 447 Å². The average Bonchev–Trinajstić information content (AvgIpc) is 0.741. The van der Waals surface area contributed by atoms with E-state index in [2.05, 4.69) is 522 Å². The van der Waals surface area contributed by atoms with E-state index in [1.54, 1.807) is 0 Å². The van der Waals surface area contributed by atoms with Crippen molar-refractivity contribution >= 4 is 17.1 Å². The number of hydrogen-bond acceptors (Lipinski definition) is 4. The van der Waals surface area contributed by atoms with Crippen molar-refractivity contribution in [1.82, 2.24) is 4.90 Å². The molecule has 0 atom stereocenters. The Morgan fingerprint density at radius 1 is 0.140 bits per heavy atom. The van der Waals surface area contributed by atoms with Crippen LogP contribution < -0.4 is 16.0 Å². The molecule has 3 N–H and O–H groups in total. The lowest BCUT2D eigenvalue weighted by atomic mass is 9.69. The van der Waals surface area contributed by atoms with Crippen molar-refractivity contribution in [3.8, 4) is 66.8 Å². The zero-order valence-corrected chi connectivity index (χ0v) is 97.8. The minimum Gasteiger partial charge on any atom is -0.384 e. The van der Waals surface area contributed by atoms with Gasteiger partial charge in [-0.15, -0.1) is 0 Å². The Labute approximate surface area is 837 Å². The molecule has 0 fully saturated rings. The Kier molecular flexibility index (Phi) is 31.0. The van der Waals surface area contributed by atoms with Crippen molar-refractivity contribution in [2.24, 2.45) is 0 Å². The van der Waals surface area contributed by atoms with E-state index in [0.717, 1.165) is 36.7 Å². The van der Waals surface area contributed by atoms with Crippen LogP contribution in [0.3, 0.4) is 0 Å². The van der Waals surface area contributed by atoms with Gasteiger partial charge in [-0.3, -0.25) is 4.90 Å². The normalized spacial score (nSPS) is 14.1. The molecule has 0 radical (unpaired) electrons. The summed E-state index contributed by atoms with van der Waals surface area (Å²) in [6.07, 6.45) is 0. The summed E-state index contributed by atoms with van der Waals surface area (Å²) in [5.74, 6) is 0. The molecule has 0 heterocycles. The smallest absolute Gasteiger partial charge is 0.0353 e. The first kappa shape index (κ1) is 112. The monoisotopic (exact) mass is 1840 g/mol. The molecule has 9 rings (SSSR count). The van der Waals surface area contributed by atoms with Gasteiger partial charge >= 0.3 is 0 Å². The van der Waals surface area contributed by atoms with Gasteiger partial charge < -0.3 is 16.0 Å². The maximum atomic E-state index is 4.33. The molecule has 0 aliphatic rings. The molecule has 0 amide bonds. The van der Waals surface area contributed by atoms with Crippen LogP contribution in [-0.4, -0.2) is 44.2 Å². The molecule has 0 unspecified atom stereocenters. The molecule has 9 aromatic carbocycles. The molecular formula is C132H198N4. The molecule has 0 spiro atoms. The Hall–Kier alpha value is -7.66. The standard InChI is InChI=1S/C132H198N4/c1-115(2,3)88-70-97(121(19,20)21)109(98(71-88)122(22,23)24)82-61-83(110-99(123(25,26)27)72-89(116(4,5)6)73-100(110)124(28,29)30)65-94(64-82)133-55-58-136(59-56-134-95-66-84(111-101(125(31,32)33)74-90(117(7,8)9)75-102(111)126(34,35)36)62-85(67-95)112-103(127(37,38)39)76-91(118(10,11)12)77-104(112)128(40,41)42)60-57-135-96-68-86(113-105(129(43,44)45)78-92(119(13,14)15)79-106(113)130(46,47)48)63-87(69-96)114-107(131(49,50)51)80-93(120(16,17)18)81-108(114)132(52,53)54/h61-81,133-135H,55-60H2,1-54H3. The first-order valence-electron chi connectivity index (χ1n) is 52.4. The third-order valence-corrected chi connectivity index (χ3v) is 28.5. The first-order valence-corrected chi connectivity index (χ1v) is 52.4. The average molecular weight is 1840 g/mol. The van der Waals surface area contributed by atoms with Gasteiger partial charge in [0, 0.05) is 56.3 Å². The van der Waals surface area contributed by atoms with Crippen LogP contribution >= 0.6 is 0 Å². The lowest BCUT2D eigenvalue weighted by Crippen LogP contribution is -2.36. The Bertz CT molecular complexity index is 4690. The Balaban J connectivity index is 1.35. The second-order valence-electron chi connectivity index (χ2n) is 60.2. The number of hydrogen-bond donors (Lipinski definition) is 3. The minimum atomic E-state index is -0.175. The second-order valence-corrected chi connectivity index (χ2v) is 60.2. The lowest BCUT2D eigenvalue weighted by Gasteiger charge is -2.35. The summed E-state index contributed by atoms with van der Waals surface area (Å²) in [5.41, 5.74) is 41.6. The van der Waals surface area contributed by atoms with Crippen LogP contribution in [0, 0.1) is 0 Å². The van der Waals surface area contributed by atoms with Crippen LogP contribution in [0.2, 0.25) is 0 Å². The zero-order chi connectivity index (χ0) is 104. The van der Waals surface area contributed by atoms with E-state index in [9.17, 15) is 0 Å². The summed E-state index contributed by atoms with van der Waals surface area (Å²) < 4.78 is 0. The van der Waals surface area contributed by atoms with E-state index in [1.807, 2.05) is 0 Å². The largest absolute Gasteiger partial charge is 0.384 e. The van der Waals surface area contributed by atoms with E-state index in [4.69, 9.17) is 0 Å². The van der Waals surface area contributed by atoms with Gasteiger partial charge in [-0.2, -0.15) is 0 Å². The molecule has 136 heavy (non-hydrogen) atoms. The van der Waals surface area contributed by atoms with Crippen LogP contribution in [0.4, 0.5) is 17.1 Å². The highest BCUT2D eigenvalue weighted by atomic mass is 15.2. The number of nitrogens with one attached hydrogen (secondary N) is 3. The van der Waals surface area contributed by atoms with Gasteiger partial charge in [0.1, 0.15) is 0 Å². The van der Waals surface area contributed by atoms with E-state index in [0.29, 0.717) is 19.6 Å². The van der Waals surface area contributed by atoms with Crippen LogP contribution in [0.1, 0.15) is 474 Å². The van der Waals surface area contributed by atoms with Crippen LogP contribution in [-0.2, 0) is 97.5 Å². The molecule has 746 valence electrons. The van der Waals surface area contributed by atoms with Gasteiger partial charge in [-0.05, 0) is 319 Å². The van der Waals surface area contributed by atoms with Crippen LogP contribution in [0.25, 0.3) is 66.8 Å². The molecule has 0 aliphatic carbocycles. The van der Waals surface area contributed by atoms with E-state index < -0.39 is 0 Å². The van der Waals surface area contributed by atoms with Crippen molar-refractivity contribution in [3.05, 3.63) is 228 Å². The topological polar surface area (TPSA) is 39.3 Å². The van der Waals surface area contributed by atoms with Gasteiger partial charge in [0.15, 0.2) is 0 Å². The summed E-state index contributed by atoms with van der Waals surface area (Å²) in [5, 5.41) is 13.0. The van der Waals surface area contributed by atoms with Crippen molar-refractivity contribution in [1.29, 1.82) is 0 Å². The number of nitrogens with zero attached hydrogens (tertiary/aromatic N) is 1. The summed E-state index contributed by atoms with van der Waals surface area (Å²) in [7, 11) is 0. The van der Waals surface area contributed by atoms with Gasteiger partial charge in [0.25, 0.3) is 0 Å². The van der Waals surface area contributed by atoms with Gasteiger partial charge in [-0.25, -0.2) is 0 Å². The third-order valence-electron chi connectivity index (χ3n) is 28.5. The van der Waals surface area contributed by atoms with E-state index in [-0.39, 0.29) is 97.5 Å². The molecule has 0 bridgehead atoms. The fraction of sp³-hybridized carbons (Fsp3) is 0.591. The minimum absolute atomic E-state index is 0.0606. The quantitative estimate of drug-likeness (QED) is 0.0801. The first-order chi connectivity index (χ1) is 60.8. The molecule has 0 saturated heterocycles. The predicted octanol–water partition coefficient (Wildman–Crippen LogP) is 38.0. The molecule has 4 heteroatoms. The summed E-state index contributed by atoms with van der Waals surface area (Å²) in [4.78, 5) is 2.75. The zero-order valence-electron chi connectivity index (χ0n) is 97.8. The fourth-order valence-electron chi connectivity index (χ4n) is 19.9. The Morgan fingerprint density at radius 2 is 0.243 bits per heavy atom. The molecule has 0 aromatic heterocycles. The number of rotatable bonds is 18. The molecule has 4 nitrogen and oxygen atoms in total. The van der Waals surface area contributed by atoms with E-state index >= 15 is 0 Å². The van der Waals surface area contributed by atoms with Crippen molar-refractivity contribution < 1.29 is 0 Å². The highest BCUT2D eigenvalue weighted by Crippen LogP contribution is 2.55. The highest BCUT2D eigenvalue weighted by Gasteiger charge is 2.40. The predicted molar refractivity (Wildman–Crippen MR) is 610 cm³/mol. The molecule has 0 aliphatic heterocycles. The van der Waals surface area contributed by atoms with Crippen LogP contribution in [0.15, 0.2) is 127 Å². The molecule has 9 aromatic rings. The summed E-state index contributed by atoms with van der Waals surface area (Å²) in [6.45, 7) is 135. The van der Waals surface area contributed by atoms with Crippen molar-refractivity contribution in [2.75, 3.05) is 55.2 Å². The van der Waals surface area contributed by atoms with Gasteiger partial charge in [0.05, 0.1) is 0 Å². The fourth-order valence-corrected chi connectivity index (χ4v) is 19.9. The maximum Gasteiger partial charge on any atom is 0.0353 e. The SMILES string of the molecule is CC(C)(C)c1cc(C(C)(C)C)c(-c2cc(NCCN(CCNc3cc(-c4c(C(C)(C)C)cc(C(C)(C)C)cc4C(C)(C)C)cc(-c4c(C(C)(C)C)cc(C(C)(C)C)cc4C(C)(C)C)c3)CCNc3cc(-c4c(C(C)(C)C)cc(C(C)(C)C)cc4C(C)(C)C)cc(-c4c(C(C)(C)C)cc(C(C)(C)C)cc4C(C)(C)C)c3)cc(-c3c(C(C)(C)C)cc(C(C)(C)C)cc3C(C)(C)C)c2)c(C(C)(C)C)c1. The lowest BCUT2D eigenvalue weighted by molar-refractivity contribution is 0.306. The maximum absolute atomic E-state index is 4.33. The summed E-state index contributed by atoms with van der Waals surface area (Å²) in [6, 6.07) is 53.7. The van der Waals surface area contributed by atoms with Crippen LogP contribution in [0.5, 0.6) is 0 Å². The molecule has 0 saturated carbocycles. The number of anilines is 3. The number of benzene rings is 9. The van der Waals surface area contributed by atoms with Crippen molar-refractivity contribution in [3.63, 3.8) is 0 Å². The third kappa shape index (κ3) is 26.4. The summed E-state index contributed by atoms with van der Waals surface area (Å²) >= 11 is 0. The Morgan fingerprint density at radius 3 is 0.331 bits per heavy atom. The molecular weight excluding hydrogens is 1640 g/mol. The highest BCUT2D eigenvalue weighted by molar-refractivity contribution is 5.90. The second kappa shape index (κ2) is 37.7. The van der Waals surface area contributed by atoms with Gasteiger partial charge in [0.2, 0.25) is 0 Å². The van der Waals surface area contributed by atoms with E-state index in [1.165, 1.54) is 167 Å². The van der Waals surface area contributed by atoms with Crippen molar-refractivity contribution in [2.45, 2.75) is 471 Å².